The van der Waals surface area contributed by atoms with Gasteiger partial charge in [-0.25, -0.2) is 4.68 Å². The summed E-state index contributed by atoms with van der Waals surface area (Å²) in [5, 5.41) is 7.89. The molecule has 3 aromatic heterocycles. The molecule has 4 aromatic rings. The molecule has 0 aliphatic heterocycles. The maximum absolute atomic E-state index is 12.8. The lowest BCUT2D eigenvalue weighted by Crippen LogP contribution is -2.34. The Bertz CT molecular complexity index is 1190. The highest BCUT2D eigenvalue weighted by Crippen LogP contribution is 2.24. The van der Waals surface area contributed by atoms with Crippen LogP contribution in [0, 0.1) is 6.92 Å². The maximum Gasteiger partial charge on any atom is 0.291 e. The first-order valence-electron chi connectivity index (χ1n) is 8.43. The molecule has 0 aliphatic carbocycles. The number of aryl methyl sites for hydroxylation is 1. The minimum absolute atomic E-state index is 0.165. The first-order valence-corrected chi connectivity index (χ1v) is 8.43. The molecule has 0 aliphatic rings. The number of amides is 1. The average Bonchev–Trinajstić information content (AvgIpc) is 3.31. The summed E-state index contributed by atoms with van der Waals surface area (Å²) in [6.45, 7) is 1.89. The van der Waals surface area contributed by atoms with E-state index in [0.29, 0.717) is 22.9 Å². The normalized spacial score (nSPS) is 11.2. The lowest BCUT2D eigenvalue weighted by atomic mass is 10.2. The molecule has 27 heavy (non-hydrogen) atoms. The van der Waals surface area contributed by atoms with E-state index in [-0.39, 0.29) is 24.6 Å². The van der Waals surface area contributed by atoms with Gasteiger partial charge in [0.15, 0.2) is 0 Å². The number of ether oxygens (including phenoxy) is 1. The predicted octanol–water partition coefficient (Wildman–Crippen LogP) is 1.88. The lowest BCUT2D eigenvalue weighted by molar-refractivity contribution is -0.122. The Balaban J connectivity index is 1.67. The molecule has 0 saturated heterocycles. The van der Waals surface area contributed by atoms with Gasteiger partial charge < -0.3 is 14.5 Å². The minimum atomic E-state index is -0.330. The first kappa shape index (κ1) is 16.9. The minimum Gasteiger partial charge on any atom is -0.497 e. The quantitative estimate of drug-likeness (QED) is 0.582. The van der Waals surface area contributed by atoms with E-state index < -0.39 is 0 Å². The van der Waals surface area contributed by atoms with E-state index in [1.165, 1.54) is 10.9 Å². The van der Waals surface area contributed by atoms with Crippen LogP contribution in [0.5, 0.6) is 5.75 Å². The second-order valence-electron chi connectivity index (χ2n) is 6.16. The average molecular weight is 366 g/mol. The summed E-state index contributed by atoms with van der Waals surface area (Å²) in [4.78, 5) is 25.0. The number of nitrogens with one attached hydrogen (secondary N) is 1. The van der Waals surface area contributed by atoms with Crippen molar-refractivity contribution in [3.8, 4) is 5.75 Å². The number of carbonyl (C=O) groups is 1. The number of carbonyl (C=O) groups excluding carboxylic acids is 1. The lowest BCUT2D eigenvalue weighted by Gasteiger charge is -2.09. The van der Waals surface area contributed by atoms with Crippen molar-refractivity contribution in [1.29, 1.82) is 0 Å². The third-order valence-electron chi connectivity index (χ3n) is 4.38. The molecule has 0 spiro atoms. The zero-order valence-electron chi connectivity index (χ0n) is 14.9. The van der Waals surface area contributed by atoms with Crippen LogP contribution in [-0.4, -0.2) is 27.2 Å². The van der Waals surface area contributed by atoms with E-state index in [0.717, 1.165) is 10.9 Å². The van der Waals surface area contributed by atoms with Crippen molar-refractivity contribution >= 4 is 22.3 Å². The van der Waals surface area contributed by atoms with Crippen molar-refractivity contribution in [1.82, 2.24) is 19.5 Å². The molecule has 1 N–H and O–H groups in total. The highest BCUT2D eigenvalue weighted by Gasteiger charge is 2.14. The van der Waals surface area contributed by atoms with Crippen LogP contribution in [-0.2, 0) is 17.9 Å². The molecule has 3 heterocycles. The van der Waals surface area contributed by atoms with Crippen LogP contribution in [0.4, 0.5) is 0 Å². The summed E-state index contributed by atoms with van der Waals surface area (Å²) in [6.07, 6.45) is 1.54. The molecule has 138 valence electrons. The Morgan fingerprint density at radius 1 is 1.26 bits per heavy atom. The Kier molecular flexibility index (Phi) is 4.15. The SMILES string of the molecule is COc1ccc2c(c1)cc1c(=O)n(CC(=O)NCc3ccco3)nc(C)n12. The van der Waals surface area contributed by atoms with Crippen molar-refractivity contribution in [2.75, 3.05) is 7.11 Å². The predicted molar refractivity (Wildman–Crippen MR) is 98.8 cm³/mol. The van der Waals surface area contributed by atoms with E-state index >= 15 is 0 Å². The summed E-state index contributed by atoms with van der Waals surface area (Å²) < 4.78 is 13.4. The van der Waals surface area contributed by atoms with Crippen molar-refractivity contribution in [2.45, 2.75) is 20.0 Å². The summed E-state index contributed by atoms with van der Waals surface area (Å²) in [5.74, 6) is 1.65. The van der Waals surface area contributed by atoms with Gasteiger partial charge in [0.2, 0.25) is 5.91 Å². The molecule has 0 unspecified atom stereocenters. The number of methoxy groups -OCH3 is 1. The number of hydrogen-bond acceptors (Lipinski definition) is 5. The molecule has 0 atom stereocenters. The van der Waals surface area contributed by atoms with Gasteiger partial charge in [0, 0.05) is 5.39 Å². The van der Waals surface area contributed by atoms with Gasteiger partial charge in [0.05, 0.1) is 25.4 Å². The monoisotopic (exact) mass is 366 g/mol. The Labute approximate surface area is 154 Å². The maximum atomic E-state index is 12.8. The molecule has 1 amide bonds. The van der Waals surface area contributed by atoms with E-state index in [4.69, 9.17) is 9.15 Å². The molecule has 0 fully saturated rings. The number of benzene rings is 1. The van der Waals surface area contributed by atoms with Crippen LogP contribution < -0.4 is 15.6 Å². The molecule has 1 aromatic carbocycles. The number of nitrogens with zero attached hydrogens (tertiary/aromatic N) is 3. The van der Waals surface area contributed by atoms with Crippen LogP contribution in [0.2, 0.25) is 0 Å². The third kappa shape index (κ3) is 3.05. The van der Waals surface area contributed by atoms with Gasteiger partial charge in [-0.1, -0.05) is 0 Å². The van der Waals surface area contributed by atoms with Crippen LogP contribution >= 0.6 is 0 Å². The largest absolute Gasteiger partial charge is 0.497 e. The highest BCUT2D eigenvalue weighted by atomic mass is 16.5. The van der Waals surface area contributed by atoms with Gasteiger partial charge in [0.1, 0.15) is 29.4 Å². The van der Waals surface area contributed by atoms with Gasteiger partial charge in [-0.3, -0.25) is 14.0 Å². The first-order chi connectivity index (χ1) is 13.1. The summed E-state index contributed by atoms with van der Waals surface area (Å²) in [6, 6.07) is 10.9. The fourth-order valence-corrected chi connectivity index (χ4v) is 3.12. The number of hydrogen-bond donors (Lipinski definition) is 1. The summed E-state index contributed by atoms with van der Waals surface area (Å²) in [5.41, 5.74) is 0.996. The molecule has 0 saturated carbocycles. The zero-order chi connectivity index (χ0) is 19.0. The molecular weight excluding hydrogens is 348 g/mol. The van der Waals surface area contributed by atoms with Gasteiger partial charge >= 0.3 is 0 Å². The van der Waals surface area contributed by atoms with E-state index in [9.17, 15) is 9.59 Å². The molecule has 8 heteroatoms. The van der Waals surface area contributed by atoms with Crippen molar-refractivity contribution in [2.24, 2.45) is 0 Å². The summed E-state index contributed by atoms with van der Waals surface area (Å²) in [7, 11) is 1.60. The van der Waals surface area contributed by atoms with Crippen LogP contribution in [0.15, 0.2) is 51.9 Å². The fraction of sp³-hybridized carbons (Fsp3) is 0.211. The second kappa shape index (κ2) is 6.64. The van der Waals surface area contributed by atoms with Crippen molar-refractivity contribution in [3.63, 3.8) is 0 Å². The van der Waals surface area contributed by atoms with E-state index in [1.807, 2.05) is 18.2 Å². The number of fused-ring (bicyclic) bond motifs is 3. The Morgan fingerprint density at radius 2 is 2.11 bits per heavy atom. The van der Waals surface area contributed by atoms with Gasteiger partial charge in [-0.15, -0.1) is 0 Å². The van der Waals surface area contributed by atoms with Gasteiger partial charge in [0.25, 0.3) is 5.56 Å². The van der Waals surface area contributed by atoms with E-state index in [2.05, 4.69) is 10.4 Å². The summed E-state index contributed by atoms with van der Waals surface area (Å²) >= 11 is 0. The van der Waals surface area contributed by atoms with Crippen LogP contribution in [0.1, 0.15) is 11.6 Å². The number of aromatic nitrogens is 3. The highest BCUT2D eigenvalue weighted by molar-refractivity contribution is 5.88. The topological polar surface area (TPSA) is 90.8 Å². The molecule has 0 radical (unpaired) electrons. The second-order valence-corrected chi connectivity index (χ2v) is 6.16. The van der Waals surface area contributed by atoms with Gasteiger partial charge in [-0.05, 0) is 43.3 Å². The Hall–Kier alpha value is -3.55. The van der Waals surface area contributed by atoms with Crippen LogP contribution in [0.3, 0.4) is 0 Å². The zero-order valence-corrected chi connectivity index (χ0v) is 14.9. The third-order valence-corrected chi connectivity index (χ3v) is 4.38. The molecule has 0 bridgehead atoms. The molecule has 8 nitrogen and oxygen atoms in total. The number of furan rings is 1. The molecule has 4 rings (SSSR count). The standard InChI is InChI=1S/C19H18N4O4/c1-12-21-22(11-18(24)20-10-15-4-3-7-27-15)19(25)17-9-13-8-14(26-2)5-6-16(13)23(12)17/h3-9H,10-11H2,1-2H3,(H,20,24). The van der Waals surface area contributed by atoms with Gasteiger partial charge in [-0.2, -0.15) is 5.10 Å². The fourth-order valence-electron chi connectivity index (χ4n) is 3.12. The smallest absolute Gasteiger partial charge is 0.291 e. The Morgan fingerprint density at radius 3 is 2.85 bits per heavy atom. The van der Waals surface area contributed by atoms with Crippen molar-refractivity contribution in [3.05, 3.63) is 64.6 Å². The number of rotatable bonds is 5. The van der Waals surface area contributed by atoms with Crippen LogP contribution in [0.25, 0.3) is 16.4 Å². The van der Waals surface area contributed by atoms with E-state index in [1.54, 1.807) is 36.6 Å². The molecular formula is C19H18N4O4. The van der Waals surface area contributed by atoms with Crippen molar-refractivity contribution < 1.29 is 13.9 Å².